The van der Waals surface area contributed by atoms with Crippen molar-refractivity contribution in [3.05, 3.63) is 42.0 Å². The fourth-order valence-corrected chi connectivity index (χ4v) is 5.45. The van der Waals surface area contributed by atoms with Gasteiger partial charge in [0.1, 0.15) is 0 Å². The number of piperidine rings is 1. The molecule has 0 spiro atoms. The standard InChI is InChI=1S/C22H25N3O5S/c1-15-7-8-17(14-20(15)31(26,27)25-11-5-4-6-12-25)22-24-23-21(30-22)16-9-10-18(28-2)19(13-16)29-3/h7-10,13-14H,4-6,11-12H2,1-3H3. The predicted octanol–water partition coefficient (Wildman–Crippen LogP) is 3.90. The Kier molecular flexibility index (Phi) is 5.97. The van der Waals surface area contributed by atoms with Gasteiger partial charge < -0.3 is 13.9 Å². The lowest BCUT2D eigenvalue weighted by atomic mass is 10.1. The van der Waals surface area contributed by atoms with Gasteiger partial charge in [-0.15, -0.1) is 10.2 Å². The fourth-order valence-electron chi connectivity index (χ4n) is 3.68. The molecule has 9 heteroatoms. The van der Waals surface area contributed by atoms with Crippen LogP contribution in [-0.2, 0) is 10.0 Å². The van der Waals surface area contributed by atoms with Crippen molar-refractivity contribution in [3.8, 4) is 34.4 Å². The molecule has 1 aliphatic rings. The Labute approximate surface area is 181 Å². The highest BCUT2D eigenvalue weighted by Crippen LogP contribution is 2.33. The van der Waals surface area contributed by atoms with Crippen LogP contribution in [0.4, 0.5) is 0 Å². The topological polar surface area (TPSA) is 94.8 Å². The molecule has 0 atom stereocenters. The molecule has 0 bridgehead atoms. The molecule has 0 radical (unpaired) electrons. The van der Waals surface area contributed by atoms with E-state index < -0.39 is 10.0 Å². The van der Waals surface area contributed by atoms with Crippen LogP contribution in [0.5, 0.6) is 11.5 Å². The van der Waals surface area contributed by atoms with E-state index in [1.54, 1.807) is 61.8 Å². The number of benzene rings is 2. The van der Waals surface area contributed by atoms with Crippen LogP contribution in [0.3, 0.4) is 0 Å². The van der Waals surface area contributed by atoms with E-state index in [0.717, 1.165) is 19.3 Å². The first-order valence-electron chi connectivity index (χ1n) is 10.1. The largest absolute Gasteiger partial charge is 0.493 e. The van der Waals surface area contributed by atoms with Crippen molar-refractivity contribution in [1.29, 1.82) is 0 Å². The van der Waals surface area contributed by atoms with Gasteiger partial charge in [-0.3, -0.25) is 0 Å². The van der Waals surface area contributed by atoms with E-state index in [1.165, 1.54) is 0 Å². The van der Waals surface area contributed by atoms with Crippen molar-refractivity contribution in [2.24, 2.45) is 0 Å². The smallest absolute Gasteiger partial charge is 0.248 e. The van der Waals surface area contributed by atoms with Gasteiger partial charge in [0.2, 0.25) is 21.8 Å². The third-order valence-corrected chi connectivity index (χ3v) is 7.46. The molecule has 4 rings (SSSR count). The molecule has 2 heterocycles. The van der Waals surface area contributed by atoms with Crippen molar-refractivity contribution in [2.45, 2.75) is 31.1 Å². The van der Waals surface area contributed by atoms with Crippen LogP contribution in [0.1, 0.15) is 24.8 Å². The van der Waals surface area contributed by atoms with E-state index >= 15 is 0 Å². The van der Waals surface area contributed by atoms with Crippen LogP contribution in [0.15, 0.2) is 45.7 Å². The van der Waals surface area contributed by atoms with Crippen LogP contribution >= 0.6 is 0 Å². The van der Waals surface area contributed by atoms with Gasteiger partial charge in [-0.1, -0.05) is 12.5 Å². The molecule has 0 saturated carbocycles. The molecule has 0 aliphatic carbocycles. The maximum atomic E-state index is 13.2. The van der Waals surface area contributed by atoms with Crippen LogP contribution in [0.2, 0.25) is 0 Å². The average Bonchev–Trinajstić information content (AvgIpc) is 3.29. The number of aryl methyl sites for hydroxylation is 1. The molecule has 1 aromatic heterocycles. The minimum atomic E-state index is -3.57. The molecule has 0 amide bonds. The maximum Gasteiger partial charge on any atom is 0.248 e. The van der Waals surface area contributed by atoms with E-state index in [0.29, 0.717) is 47.2 Å². The van der Waals surface area contributed by atoms with Crippen molar-refractivity contribution in [2.75, 3.05) is 27.3 Å². The highest BCUT2D eigenvalue weighted by atomic mass is 32.2. The van der Waals surface area contributed by atoms with Gasteiger partial charge in [0.15, 0.2) is 11.5 Å². The normalized spacial score (nSPS) is 15.1. The zero-order valence-corrected chi connectivity index (χ0v) is 18.6. The van der Waals surface area contributed by atoms with Gasteiger partial charge >= 0.3 is 0 Å². The number of rotatable bonds is 6. The molecule has 2 aromatic carbocycles. The number of ether oxygens (including phenoxy) is 2. The summed E-state index contributed by atoms with van der Waals surface area (Å²) in [6.07, 6.45) is 2.83. The van der Waals surface area contributed by atoms with E-state index in [-0.39, 0.29) is 10.8 Å². The number of hydrogen-bond donors (Lipinski definition) is 0. The molecule has 1 aliphatic heterocycles. The van der Waals surface area contributed by atoms with Gasteiger partial charge in [-0.2, -0.15) is 4.31 Å². The summed E-state index contributed by atoms with van der Waals surface area (Å²) < 4.78 is 44.4. The van der Waals surface area contributed by atoms with E-state index in [2.05, 4.69) is 10.2 Å². The summed E-state index contributed by atoms with van der Waals surface area (Å²) in [6.45, 7) is 2.90. The molecule has 0 N–H and O–H groups in total. The Bertz CT molecular complexity index is 1180. The Morgan fingerprint density at radius 3 is 2.13 bits per heavy atom. The SMILES string of the molecule is COc1ccc(-c2nnc(-c3ccc(C)c(S(=O)(=O)N4CCCCC4)c3)o2)cc1OC. The quantitative estimate of drug-likeness (QED) is 0.570. The number of aromatic nitrogens is 2. The molecule has 0 unspecified atom stereocenters. The van der Waals surface area contributed by atoms with Gasteiger partial charge in [-0.05, 0) is 55.7 Å². The minimum absolute atomic E-state index is 0.250. The van der Waals surface area contributed by atoms with Gasteiger partial charge in [0.25, 0.3) is 0 Å². The van der Waals surface area contributed by atoms with Crippen LogP contribution in [-0.4, -0.2) is 50.2 Å². The van der Waals surface area contributed by atoms with Gasteiger partial charge in [-0.25, -0.2) is 8.42 Å². The number of hydrogen-bond acceptors (Lipinski definition) is 7. The monoisotopic (exact) mass is 443 g/mol. The summed E-state index contributed by atoms with van der Waals surface area (Å²) in [6, 6.07) is 10.5. The summed E-state index contributed by atoms with van der Waals surface area (Å²) in [5.74, 6) is 1.69. The Balaban J connectivity index is 1.68. The first kappa shape index (κ1) is 21.3. The second-order valence-corrected chi connectivity index (χ2v) is 9.33. The average molecular weight is 444 g/mol. The number of sulfonamides is 1. The van der Waals surface area contributed by atoms with Crippen LogP contribution in [0, 0.1) is 6.92 Å². The molecular weight excluding hydrogens is 418 g/mol. The van der Waals surface area contributed by atoms with Crippen molar-refractivity contribution < 1.29 is 22.3 Å². The summed E-state index contributed by atoms with van der Waals surface area (Å²) in [5, 5.41) is 8.25. The second kappa shape index (κ2) is 8.68. The third kappa shape index (κ3) is 4.15. The zero-order valence-electron chi connectivity index (χ0n) is 17.8. The number of nitrogens with zero attached hydrogens (tertiary/aromatic N) is 3. The summed E-state index contributed by atoms with van der Waals surface area (Å²) in [5.41, 5.74) is 1.92. The molecule has 3 aromatic rings. The Hall–Kier alpha value is -2.91. The minimum Gasteiger partial charge on any atom is -0.493 e. The lowest BCUT2D eigenvalue weighted by molar-refractivity contribution is 0.346. The second-order valence-electron chi connectivity index (χ2n) is 7.43. The first-order valence-corrected chi connectivity index (χ1v) is 11.5. The predicted molar refractivity (Wildman–Crippen MR) is 116 cm³/mol. The fraction of sp³-hybridized carbons (Fsp3) is 0.364. The van der Waals surface area contributed by atoms with E-state index in [4.69, 9.17) is 13.9 Å². The van der Waals surface area contributed by atoms with Crippen molar-refractivity contribution >= 4 is 10.0 Å². The van der Waals surface area contributed by atoms with Crippen molar-refractivity contribution in [3.63, 3.8) is 0 Å². The molecule has 1 fully saturated rings. The Morgan fingerprint density at radius 1 is 0.871 bits per heavy atom. The summed E-state index contributed by atoms with van der Waals surface area (Å²) in [7, 11) is -0.454. The summed E-state index contributed by atoms with van der Waals surface area (Å²) in [4.78, 5) is 0.276. The van der Waals surface area contributed by atoms with Gasteiger partial charge in [0.05, 0.1) is 19.1 Å². The molecule has 8 nitrogen and oxygen atoms in total. The van der Waals surface area contributed by atoms with Crippen LogP contribution in [0.25, 0.3) is 22.9 Å². The van der Waals surface area contributed by atoms with Crippen LogP contribution < -0.4 is 9.47 Å². The molecule has 164 valence electrons. The Morgan fingerprint density at radius 2 is 1.48 bits per heavy atom. The maximum absolute atomic E-state index is 13.2. The van der Waals surface area contributed by atoms with Gasteiger partial charge in [0, 0.05) is 24.2 Å². The zero-order chi connectivity index (χ0) is 22.0. The first-order chi connectivity index (χ1) is 14.9. The van der Waals surface area contributed by atoms with E-state index in [9.17, 15) is 8.42 Å². The lowest BCUT2D eigenvalue weighted by Gasteiger charge is -2.26. The molecule has 31 heavy (non-hydrogen) atoms. The molecular formula is C22H25N3O5S. The summed E-state index contributed by atoms with van der Waals surface area (Å²) >= 11 is 0. The molecule has 1 saturated heterocycles. The highest BCUT2D eigenvalue weighted by molar-refractivity contribution is 7.89. The highest BCUT2D eigenvalue weighted by Gasteiger charge is 2.28. The van der Waals surface area contributed by atoms with E-state index in [1.807, 2.05) is 0 Å². The van der Waals surface area contributed by atoms with Crippen molar-refractivity contribution in [1.82, 2.24) is 14.5 Å². The third-order valence-electron chi connectivity index (χ3n) is 5.42. The number of methoxy groups -OCH3 is 2. The lowest BCUT2D eigenvalue weighted by Crippen LogP contribution is -2.35.